The van der Waals surface area contributed by atoms with Crippen LogP contribution < -0.4 is 10.6 Å². The number of likely N-dealkylation sites (N-methyl/N-ethyl adjacent to an activating group) is 1. The number of imidazole rings is 1. The number of nitrogens with one attached hydrogen (secondary N) is 3. The Morgan fingerprint density at radius 1 is 1.36 bits per heavy atom. The molecule has 2 rings (SSSR count). The van der Waals surface area contributed by atoms with Gasteiger partial charge < -0.3 is 15.6 Å². The van der Waals surface area contributed by atoms with Crippen molar-refractivity contribution in [3.8, 4) is 0 Å². The van der Waals surface area contributed by atoms with Crippen molar-refractivity contribution in [3.63, 3.8) is 0 Å². The lowest BCUT2D eigenvalue weighted by Gasteiger charge is -2.13. The molecular weight excluding hydrogens is 296 g/mol. The molecule has 1 aromatic carbocycles. The van der Waals surface area contributed by atoms with Gasteiger partial charge in [0, 0.05) is 12.6 Å². The van der Waals surface area contributed by atoms with E-state index < -0.39 is 0 Å². The van der Waals surface area contributed by atoms with Gasteiger partial charge >= 0.3 is 0 Å². The number of aromatic amines is 1. The van der Waals surface area contributed by atoms with E-state index in [9.17, 15) is 4.79 Å². The third-order valence-corrected chi connectivity index (χ3v) is 4.57. The van der Waals surface area contributed by atoms with Gasteiger partial charge in [-0.1, -0.05) is 19.1 Å². The van der Waals surface area contributed by atoms with Gasteiger partial charge in [0.2, 0.25) is 5.91 Å². The van der Waals surface area contributed by atoms with E-state index in [4.69, 9.17) is 0 Å². The molecule has 0 aliphatic rings. The number of hydrogen-bond donors (Lipinski definition) is 3. The number of fused-ring (bicyclic) bond motifs is 1. The van der Waals surface area contributed by atoms with Crippen LogP contribution in [0, 0.1) is 0 Å². The minimum Gasteiger partial charge on any atom is -0.354 e. The second kappa shape index (κ2) is 8.19. The molecule has 0 fully saturated rings. The van der Waals surface area contributed by atoms with Gasteiger partial charge in [0.15, 0.2) is 0 Å². The zero-order valence-electron chi connectivity index (χ0n) is 13.3. The molecule has 6 heteroatoms. The molecule has 0 saturated carbocycles. The largest absolute Gasteiger partial charge is 0.354 e. The van der Waals surface area contributed by atoms with Gasteiger partial charge in [0.25, 0.3) is 0 Å². The number of thioether (sulfide) groups is 1. The monoisotopic (exact) mass is 320 g/mol. The van der Waals surface area contributed by atoms with Crippen LogP contribution in [0.5, 0.6) is 0 Å². The van der Waals surface area contributed by atoms with Crippen LogP contribution in [-0.4, -0.2) is 40.8 Å². The fourth-order valence-electron chi connectivity index (χ4n) is 2.18. The highest BCUT2D eigenvalue weighted by Crippen LogP contribution is 2.27. The van der Waals surface area contributed by atoms with Gasteiger partial charge in [-0.2, -0.15) is 0 Å². The second-order valence-corrected chi connectivity index (χ2v) is 6.68. The first kappa shape index (κ1) is 16.8. The molecule has 0 aliphatic carbocycles. The minimum atomic E-state index is 0.0673. The van der Waals surface area contributed by atoms with E-state index >= 15 is 0 Å². The number of para-hydroxylation sites is 2. The summed E-state index contributed by atoms with van der Waals surface area (Å²) in [5.74, 6) is 1.43. The Hall–Kier alpha value is -1.53. The van der Waals surface area contributed by atoms with Gasteiger partial charge in [-0.25, -0.2) is 4.98 Å². The molecule has 0 spiro atoms. The summed E-state index contributed by atoms with van der Waals surface area (Å²) in [4.78, 5) is 19.8. The van der Waals surface area contributed by atoms with Crippen molar-refractivity contribution in [2.75, 3.05) is 18.8 Å². The minimum absolute atomic E-state index is 0.0673. The van der Waals surface area contributed by atoms with Crippen molar-refractivity contribution in [1.82, 2.24) is 20.6 Å². The van der Waals surface area contributed by atoms with Crippen molar-refractivity contribution in [1.29, 1.82) is 0 Å². The van der Waals surface area contributed by atoms with Crippen LogP contribution in [0.3, 0.4) is 0 Å². The molecule has 1 amide bonds. The van der Waals surface area contributed by atoms with Crippen LogP contribution >= 0.6 is 11.8 Å². The Bertz CT molecular complexity index is 580. The highest BCUT2D eigenvalue weighted by Gasteiger charge is 2.13. The highest BCUT2D eigenvalue weighted by atomic mass is 32.2. The Kier molecular flexibility index (Phi) is 6.27. The Morgan fingerprint density at radius 2 is 2.14 bits per heavy atom. The quantitative estimate of drug-likeness (QED) is 0.699. The number of rotatable bonds is 8. The topological polar surface area (TPSA) is 69.8 Å². The molecule has 0 saturated heterocycles. The lowest BCUT2D eigenvalue weighted by Crippen LogP contribution is -2.39. The average Bonchev–Trinajstić information content (AvgIpc) is 2.95. The molecule has 2 atom stereocenters. The van der Waals surface area contributed by atoms with Gasteiger partial charge in [-0.3, -0.25) is 4.79 Å². The van der Waals surface area contributed by atoms with Crippen LogP contribution in [0.1, 0.15) is 31.8 Å². The second-order valence-electron chi connectivity index (χ2n) is 5.36. The summed E-state index contributed by atoms with van der Waals surface area (Å²) < 4.78 is 0. The number of H-pyrrole nitrogens is 1. The first-order valence-electron chi connectivity index (χ1n) is 7.66. The Labute approximate surface area is 135 Å². The molecule has 3 N–H and O–H groups in total. The van der Waals surface area contributed by atoms with Crippen LogP contribution in [0.15, 0.2) is 24.3 Å². The maximum absolute atomic E-state index is 11.9. The van der Waals surface area contributed by atoms with Crippen molar-refractivity contribution < 1.29 is 4.79 Å². The summed E-state index contributed by atoms with van der Waals surface area (Å²) in [5.41, 5.74) is 2.00. The molecular formula is C16H24N4OS. The SMILES string of the molecule is CCN[C@H](C)CNC(=O)CSC(C)c1nc2ccccc2[nH]1. The number of hydrogen-bond acceptors (Lipinski definition) is 4. The van der Waals surface area contributed by atoms with Crippen molar-refractivity contribution >= 4 is 28.7 Å². The maximum atomic E-state index is 11.9. The van der Waals surface area contributed by atoms with E-state index in [2.05, 4.69) is 41.4 Å². The summed E-state index contributed by atoms with van der Waals surface area (Å²) in [6.45, 7) is 7.76. The van der Waals surface area contributed by atoms with Crippen molar-refractivity contribution in [2.45, 2.75) is 32.1 Å². The third-order valence-electron chi connectivity index (χ3n) is 3.42. The Balaban J connectivity index is 1.79. The van der Waals surface area contributed by atoms with Crippen molar-refractivity contribution in [2.24, 2.45) is 0 Å². The first-order valence-corrected chi connectivity index (χ1v) is 8.71. The zero-order chi connectivity index (χ0) is 15.9. The highest BCUT2D eigenvalue weighted by molar-refractivity contribution is 8.00. The molecule has 22 heavy (non-hydrogen) atoms. The summed E-state index contributed by atoms with van der Waals surface area (Å²) in [7, 11) is 0. The lowest BCUT2D eigenvalue weighted by atomic mass is 10.3. The van der Waals surface area contributed by atoms with Gasteiger partial charge in [-0.05, 0) is 32.5 Å². The fraction of sp³-hybridized carbons (Fsp3) is 0.500. The number of aromatic nitrogens is 2. The predicted molar refractivity (Wildman–Crippen MR) is 93.1 cm³/mol. The first-order chi connectivity index (χ1) is 10.6. The molecule has 0 bridgehead atoms. The normalized spacial score (nSPS) is 14.0. The van der Waals surface area contributed by atoms with Crippen molar-refractivity contribution in [3.05, 3.63) is 30.1 Å². The van der Waals surface area contributed by atoms with Gasteiger partial charge in [0.1, 0.15) is 5.82 Å². The van der Waals surface area contributed by atoms with E-state index in [0.717, 1.165) is 23.4 Å². The number of carbonyl (C=O) groups is 1. The lowest BCUT2D eigenvalue weighted by molar-refractivity contribution is -0.118. The van der Waals surface area contributed by atoms with Crippen LogP contribution in [0.25, 0.3) is 11.0 Å². The smallest absolute Gasteiger partial charge is 0.230 e. The molecule has 1 unspecified atom stereocenters. The predicted octanol–water partition coefficient (Wildman–Crippen LogP) is 2.47. The van der Waals surface area contributed by atoms with Gasteiger partial charge in [-0.15, -0.1) is 11.8 Å². The van der Waals surface area contributed by atoms with E-state index in [1.165, 1.54) is 0 Å². The molecule has 120 valence electrons. The summed E-state index contributed by atoms with van der Waals surface area (Å²) in [6.07, 6.45) is 0. The van der Waals surface area contributed by atoms with E-state index in [1.54, 1.807) is 11.8 Å². The molecule has 1 aromatic heterocycles. The zero-order valence-corrected chi connectivity index (χ0v) is 14.2. The molecule has 2 aromatic rings. The fourth-order valence-corrected chi connectivity index (χ4v) is 2.96. The van der Waals surface area contributed by atoms with E-state index in [1.807, 2.05) is 24.3 Å². The average molecular weight is 320 g/mol. The van der Waals surface area contributed by atoms with Gasteiger partial charge in [0.05, 0.1) is 22.0 Å². The number of benzene rings is 1. The molecule has 5 nitrogen and oxygen atoms in total. The van der Waals surface area contributed by atoms with Crippen LogP contribution in [-0.2, 0) is 4.79 Å². The molecule has 0 aliphatic heterocycles. The number of amides is 1. The number of carbonyl (C=O) groups excluding carboxylic acids is 1. The standard InChI is InChI=1S/C16H24N4OS/c1-4-17-11(2)9-18-15(21)10-22-12(3)16-19-13-7-5-6-8-14(13)20-16/h5-8,11-12,17H,4,9-10H2,1-3H3,(H,18,21)(H,19,20)/t11-,12?/m1/s1. The van der Waals surface area contributed by atoms with Crippen LogP contribution in [0.2, 0.25) is 0 Å². The molecule has 0 radical (unpaired) electrons. The van der Waals surface area contributed by atoms with E-state index in [-0.39, 0.29) is 11.2 Å². The Morgan fingerprint density at radius 3 is 2.86 bits per heavy atom. The maximum Gasteiger partial charge on any atom is 0.230 e. The number of nitrogens with zero attached hydrogens (tertiary/aromatic N) is 1. The summed E-state index contributed by atoms with van der Waals surface area (Å²) in [6, 6.07) is 8.26. The van der Waals surface area contributed by atoms with E-state index in [0.29, 0.717) is 18.3 Å². The van der Waals surface area contributed by atoms with Crippen LogP contribution in [0.4, 0.5) is 0 Å². The molecule has 1 heterocycles. The summed E-state index contributed by atoms with van der Waals surface area (Å²) >= 11 is 1.59. The summed E-state index contributed by atoms with van der Waals surface area (Å²) in [5, 5.41) is 6.37. The third kappa shape index (κ3) is 4.74.